The van der Waals surface area contributed by atoms with E-state index in [4.69, 9.17) is 11.6 Å². The summed E-state index contributed by atoms with van der Waals surface area (Å²) < 4.78 is 0. The average molecular weight is 288 g/mol. The van der Waals surface area contributed by atoms with Crippen molar-refractivity contribution in [3.8, 4) is 0 Å². The lowest BCUT2D eigenvalue weighted by Gasteiger charge is -2.23. The number of benzene rings is 1. The lowest BCUT2D eigenvalue weighted by molar-refractivity contribution is 0.336. The summed E-state index contributed by atoms with van der Waals surface area (Å²) in [5.74, 6) is 0. The normalized spacial score (nSPS) is 30.7. The van der Waals surface area contributed by atoms with Gasteiger partial charge in [-0.15, -0.1) is 0 Å². The van der Waals surface area contributed by atoms with Crippen molar-refractivity contribution in [3.63, 3.8) is 0 Å². The van der Waals surface area contributed by atoms with Crippen LogP contribution in [0.3, 0.4) is 0 Å². The molecular weight excluding hydrogens is 272 g/mol. The predicted octanol–water partition coefficient (Wildman–Crippen LogP) is 4.84. The molecule has 0 nitrogen and oxygen atoms in total. The first-order chi connectivity index (χ1) is 7.07. The molecule has 1 saturated carbocycles. The van der Waals surface area contributed by atoms with Crippen molar-refractivity contribution < 1.29 is 0 Å². The maximum atomic E-state index is 5.88. The lowest BCUT2D eigenvalue weighted by Crippen LogP contribution is -2.15. The number of hydrogen-bond donors (Lipinski definition) is 0. The Hall–Kier alpha value is -0.0100. The number of rotatable bonds is 2. The topological polar surface area (TPSA) is 0 Å². The van der Waals surface area contributed by atoms with Crippen LogP contribution in [0.25, 0.3) is 0 Å². The molecule has 82 valence electrons. The summed E-state index contributed by atoms with van der Waals surface area (Å²) >= 11 is 9.60. The fraction of sp³-hybridized carbons (Fsp3) is 0.538. The van der Waals surface area contributed by atoms with Crippen molar-refractivity contribution in [2.75, 3.05) is 0 Å². The van der Waals surface area contributed by atoms with Crippen LogP contribution in [0.5, 0.6) is 0 Å². The predicted molar refractivity (Wildman–Crippen MR) is 69.8 cm³/mol. The van der Waals surface area contributed by atoms with Crippen LogP contribution in [0, 0.1) is 5.41 Å². The molecule has 1 fully saturated rings. The van der Waals surface area contributed by atoms with Gasteiger partial charge in [0.25, 0.3) is 0 Å². The van der Waals surface area contributed by atoms with Gasteiger partial charge in [0.2, 0.25) is 0 Å². The van der Waals surface area contributed by atoms with E-state index in [1.54, 1.807) is 0 Å². The van der Waals surface area contributed by atoms with Crippen molar-refractivity contribution >= 4 is 27.5 Å². The molecule has 1 aliphatic carbocycles. The van der Waals surface area contributed by atoms with E-state index in [0.717, 1.165) is 9.85 Å². The molecule has 0 heterocycles. The van der Waals surface area contributed by atoms with Crippen LogP contribution in [0.4, 0.5) is 0 Å². The maximum Gasteiger partial charge on any atom is 0.0406 e. The summed E-state index contributed by atoms with van der Waals surface area (Å²) in [4.78, 5) is 0.717. The van der Waals surface area contributed by atoms with E-state index in [1.165, 1.54) is 31.2 Å². The van der Waals surface area contributed by atoms with Gasteiger partial charge in [-0.2, -0.15) is 0 Å². The van der Waals surface area contributed by atoms with Gasteiger partial charge in [0.05, 0.1) is 0 Å². The van der Waals surface area contributed by atoms with Gasteiger partial charge in [-0.1, -0.05) is 46.6 Å². The Morgan fingerprint density at radius 3 is 2.60 bits per heavy atom. The van der Waals surface area contributed by atoms with Gasteiger partial charge in [-0.25, -0.2) is 0 Å². The van der Waals surface area contributed by atoms with E-state index >= 15 is 0 Å². The van der Waals surface area contributed by atoms with Crippen molar-refractivity contribution in [1.29, 1.82) is 0 Å². The fourth-order valence-corrected chi connectivity index (χ4v) is 3.64. The minimum Gasteiger partial charge on any atom is -0.0890 e. The highest BCUT2D eigenvalue weighted by molar-refractivity contribution is 9.09. The second-order valence-corrected chi connectivity index (χ2v) is 6.69. The third-order valence-electron chi connectivity index (χ3n) is 3.32. The van der Waals surface area contributed by atoms with Crippen molar-refractivity contribution in [2.24, 2.45) is 5.41 Å². The Kier molecular flexibility index (Phi) is 3.42. The molecule has 2 unspecified atom stereocenters. The lowest BCUT2D eigenvalue weighted by atomic mass is 9.82. The standard InChI is InChI=1S/C13H16BrCl/c1-13(7-6-11(14)9-13)8-10-2-4-12(15)5-3-10/h2-5,11H,6-9H2,1H3. The van der Waals surface area contributed by atoms with Gasteiger partial charge in [0, 0.05) is 9.85 Å². The van der Waals surface area contributed by atoms with Crippen LogP contribution >= 0.6 is 27.5 Å². The highest BCUT2D eigenvalue weighted by Crippen LogP contribution is 2.43. The Balaban J connectivity index is 2.05. The average Bonchev–Trinajstić information content (AvgIpc) is 2.50. The van der Waals surface area contributed by atoms with Crippen LogP contribution in [-0.4, -0.2) is 4.83 Å². The fourth-order valence-electron chi connectivity index (χ4n) is 2.50. The molecule has 1 aromatic rings. The maximum absolute atomic E-state index is 5.88. The molecular formula is C13H16BrCl. The SMILES string of the molecule is CC1(Cc2ccc(Cl)cc2)CCC(Br)C1. The van der Waals surface area contributed by atoms with Crippen LogP contribution in [0.2, 0.25) is 5.02 Å². The number of halogens is 2. The molecule has 0 spiro atoms. The van der Waals surface area contributed by atoms with E-state index in [0.29, 0.717) is 5.41 Å². The molecule has 0 radical (unpaired) electrons. The molecule has 0 saturated heterocycles. The zero-order valence-corrected chi connectivity index (χ0v) is 11.3. The molecule has 0 N–H and O–H groups in total. The molecule has 0 aromatic heterocycles. The van der Waals surface area contributed by atoms with Gasteiger partial charge in [0.1, 0.15) is 0 Å². The van der Waals surface area contributed by atoms with Crippen molar-refractivity contribution in [3.05, 3.63) is 34.9 Å². The van der Waals surface area contributed by atoms with E-state index in [1.807, 2.05) is 12.1 Å². The first-order valence-corrected chi connectivity index (χ1v) is 6.75. The number of hydrogen-bond acceptors (Lipinski definition) is 0. The van der Waals surface area contributed by atoms with Gasteiger partial charge in [0.15, 0.2) is 0 Å². The summed E-state index contributed by atoms with van der Waals surface area (Å²) in [6.07, 6.45) is 5.09. The first-order valence-electron chi connectivity index (χ1n) is 5.46. The van der Waals surface area contributed by atoms with Crippen molar-refractivity contribution in [2.45, 2.75) is 37.4 Å². The van der Waals surface area contributed by atoms with Gasteiger partial charge in [-0.3, -0.25) is 0 Å². The Labute approximate surface area is 105 Å². The zero-order valence-electron chi connectivity index (χ0n) is 8.97. The Morgan fingerprint density at radius 2 is 2.07 bits per heavy atom. The minimum absolute atomic E-state index is 0.474. The molecule has 15 heavy (non-hydrogen) atoms. The highest BCUT2D eigenvalue weighted by Gasteiger charge is 2.33. The number of alkyl halides is 1. The Morgan fingerprint density at radius 1 is 1.40 bits per heavy atom. The third kappa shape index (κ3) is 2.98. The summed E-state index contributed by atoms with van der Waals surface area (Å²) in [5, 5.41) is 0.827. The third-order valence-corrected chi connectivity index (χ3v) is 4.35. The van der Waals surface area contributed by atoms with Gasteiger partial charge >= 0.3 is 0 Å². The van der Waals surface area contributed by atoms with Gasteiger partial charge < -0.3 is 0 Å². The van der Waals surface area contributed by atoms with E-state index in [9.17, 15) is 0 Å². The highest BCUT2D eigenvalue weighted by atomic mass is 79.9. The van der Waals surface area contributed by atoms with E-state index in [2.05, 4.69) is 35.0 Å². The second kappa shape index (κ2) is 4.47. The summed E-state index contributed by atoms with van der Waals surface area (Å²) in [6, 6.07) is 8.27. The molecule has 1 aliphatic rings. The van der Waals surface area contributed by atoms with Crippen molar-refractivity contribution in [1.82, 2.24) is 0 Å². The quantitative estimate of drug-likeness (QED) is 0.683. The summed E-state index contributed by atoms with van der Waals surface area (Å²) in [6.45, 7) is 2.39. The van der Waals surface area contributed by atoms with Crippen LogP contribution in [-0.2, 0) is 6.42 Å². The van der Waals surface area contributed by atoms with E-state index in [-0.39, 0.29) is 0 Å². The molecule has 2 heteroatoms. The van der Waals surface area contributed by atoms with E-state index < -0.39 is 0 Å². The molecule has 0 bridgehead atoms. The smallest absolute Gasteiger partial charge is 0.0406 e. The summed E-state index contributed by atoms with van der Waals surface area (Å²) in [7, 11) is 0. The summed E-state index contributed by atoms with van der Waals surface area (Å²) in [5.41, 5.74) is 1.88. The largest absolute Gasteiger partial charge is 0.0890 e. The molecule has 2 rings (SSSR count). The van der Waals surface area contributed by atoms with Crippen LogP contribution in [0.15, 0.2) is 24.3 Å². The van der Waals surface area contributed by atoms with Gasteiger partial charge in [-0.05, 0) is 48.8 Å². The second-order valence-electron chi connectivity index (χ2n) is 4.95. The van der Waals surface area contributed by atoms with Crippen LogP contribution < -0.4 is 0 Å². The molecule has 0 aliphatic heterocycles. The minimum atomic E-state index is 0.474. The molecule has 1 aromatic carbocycles. The Bertz CT molecular complexity index is 333. The monoisotopic (exact) mass is 286 g/mol. The first kappa shape index (κ1) is 11.5. The molecule has 0 amide bonds. The van der Waals surface area contributed by atoms with Crippen LogP contribution in [0.1, 0.15) is 31.7 Å². The zero-order chi connectivity index (χ0) is 10.9. The molecule has 2 atom stereocenters.